The van der Waals surface area contributed by atoms with Gasteiger partial charge in [-0.3, -0.25) is 4.79 Å². The molecule has 1 fully saturated rings. The van der Waals surface area contributed by atoms with E-state index >= 15 is 0 Å². The maximum absolute atomic E-state index is 13.6. The fourth-order valence-corrected chi connectivity index (χ4v) is 3.49. The lowest BCUT2D eigenvalue weighted by Gasteiger charge is -2.35. The van der Waals surface area contributed by atoms with Crippen LogP contribution in [0, 0.1) is 12.7 Å². The molecule has 0 radical (unpaired) electrons. The Morgan fingerprint density at radius 1 is 1.26 bits per heavy atom. The highest BCUT2D eigenvalue weighted by atomic mass is 19.1. The quantitative estimate of drug-likeness (QED) is 0.752. The highest BCUT2D eigenvalue weighted by Crippen LogP contribution is 2.22. The van der Waals surface area contributed by atoms with Gasteiger partial charge >= 0.3 is 5.97 Å². The summed E-state index contributed by atoms with van der Waals surface area (Å²) in [6.45, 7) is 2.56. The summed E-state index contributed by atoms with van der Waals surface area (Å²) in [6.07, 6.45) is 5.37. The molecule has 0 N–H and O–H groups in total. The van der Waals surface area contributed by atoms with Gasteiger partial charge in [-0.15, -0.1) is 0 Å². The molecule has 0 saturated carbocycles. The van der Waals surface area contributed by atoms with Gasteiger partial charge in [0.05, 0.1) is 12.2 Å². The molecule has 1 atom stereocenters. The van der Waals surface area contributed by atoms with E-state index in [0.29, 0.717) is 24.2 Å². The highest BCUT2D eigenvalue weighted by Gasteiger charge is 2.28. The number of nitrogens with zero attached hydrogens (tertiary/aromatic N) is 2. The molecular formula is C21H25FN2O3. The van der Waals surface area contributed by atoms with Crippen LogP contribution in [-0.4, -0.2) is 40.5 Å². The molecule has 3 rings (SSSR count). The SMILES string of the molecule is Cc1ccc(C(=O)OCCC2CCCCN2C(=O)c2cccn2C)cc1F. The van der Waals surface area contributed by atoms with Crippen molar-refractivity contribution in [2.45, 2.75) is 38.6 Å². The van der Waals surface area contributed by atoms with Crippen LogP contribution in [0.25, 0.3) is 0 Å². The molecule has 27 heavy (non-hydrogen) atoms. The minimum atomic E-state index is -0.537. The van der Waals surface area contributed by atoms with Crippen molar-refractivity contribution < 1.29 is 18.7 Å². The van der Waals surface area contributed by atoms with Gasteiger partial charge in [0.2, 0.25) is 0 Å². The number of hydrogen-bond donors (Lipinski definition) is 0. The fraction of sp³-hybridized carbons (Fsp3) is 0.429. The molecule has 0 bridgehead atoms. The first kappa shape index (κ1) is 19.1. The van der Waals surface area contributed by atoms with Crippen molar-refractivity contribution in [1.29, 1.82) is 0 Å². The molecule has 0 aliphatic carbocycles. The normalized spacial score (nSPS) is 17.0. The zero-order chi connectivity index (χ0) is 19.4. The number of aryl methyl sites for hydroxylation is 2. The van der Waals surface area contributed by atoms with Crippen LogP contribution >= 0.6 is 0 Å². The van der Waals surface area contributed by atoms with Gasteiger partial charge in [0.25, 0.3) is 5.91 Å². The van der Waals surface area contributed by atoms with Crippen molar-refractivity contribution in [3.63, 3.8) is 0 Å². The zero-order valence-electron chi connectivity index (χ0n) is 15.8. The van der Waals surface area contributed by atoms with Crippen molar-refractivity contribution in [3.05, 3.63) is 59.2 Å². The largest absolute Gasteiger partial charge is 0.462 e. The van der Waals surface area contributed by atoms with Crippen molar-refractivity contribution in [2.75, 3.05) is 13.2 Å². The number of halogens is 1. The Labute approximate surface area is 158 Å². The lowest BCUT2D eigenvalue weighted by Crippen LogP contribution is -2.44. The number of carbonyl (C=O) groups excluding carboxylic acids is 2. The average molecular weight is 372 g/mol. The number of esters is 1. The number of amides is 1. The Balaban J connectivity index is 1.58. The van der Waals surface area contributed by atoms with Crippen molar-refractivity contribution in [3.8, 4) is 0 Å². The van der Waals surface area contributed by atoms with Crippen molar-refractivity contribution in [1.82, 2.24) is 9.47 Å². The Bertz CT molecular complexity index is 831. The van der Waals surface area contributed by atoms with E-state index in [-0.39, 0.29) is 24.1 Å². The average Bonchev–Trinajstić information content (AvgIpc) is 3.09. The Kier molecular flexibility index (Phi) is 5.94. The summed E-state index contributed by atoms with van der Waals surface area (Å²) in [5.41, 5.74) is 1.36. The smallest absolute Gasteiger partial charge is 0.338 e. The molecule has 6 heteroatoms. The number of likely N-dealkylation sites (tertiary alicyclic amines) is 1. The second-order valence-electron chi connectivity index (χ2n) is 7.04. The number of ether oxygens (including phenoxy) is 1. The summed E-state index contributed by atoms with van der Waals surface area (Å²) in [5, 5.41) is 0. The Morgan fingerprint density at radius 2 is 2.07 bits per heavy atom. The molecule has 1 saturated heterocycles. The second-order valence-corrected chi connectivity index (χ2v) is 7.04. The summed E-state index contributed by atoms with van der Waals surface area (Å²) in [5.74, 6) is -0.944. The van der Waals surface area contributed by atoms with Gasteiger partial charge < -0.3 is 14.2 Å². The lowest BCUT2D eigenvalue weighted by molar-refractivity contribution is 0.0406. The zero-order valence-corrected chi connectivity index (χ0v) is 15.8. The number of piperidine rings is 1. The third-order valence-corrected chi connectivity index (χ3v) is 5.14. The van der Waals surface area contributed by atoms with Gasteiger partial charge in [0.15, 0.2) is 0 Å². The van der Waals surface area contributed by atoms with E-state index in [1.807, 2.05) is 34.8 Å². The summed E-state index contributed by atoms with van der Waals surface area (Å²) in [4.78, 5) is 26.8. The predicted molar refractivity (Wildman–Crippen MR) is 100 cm³/mol. The van der Waals surface area contributed by atoms with E-state index in [2.05, 4.69) is 0 Å². The third-order valence-electron chi connectivity index (χ3n) is 5.14. The van der Waals surface area contributed by atoms with Gasteiger partial charge in [-0.2, -0.15) is 0 Å². The number of carbonyl (C=O) groups is 2. The first-order valence-electron chi connectivity index (χ1n) is 9.33. The second kappa shape index (κ2) is 8.37. The minimum Gasteiger partial charge on any atom is -0.462 e. The maximum Gasteiger partial charge on any atom is 0.338 e. The first-order valence-corrected chi connectivity index (χ1v) is 9.33. The van der Waals surface area contributed by atoms with Gasteiger partial charge in [-0.05, 0) is 56.0 Å². The molecule has 1 amide bonds. The van der Waals surface area contributed by atoms with E-state index in [0.717, 1.165) is 19.3 Å². The van der Waals surface area contributed by atoms with Crippen LogP contribution in [-0.2, 0) is 11.8 Å². The van der Waals surface area contributed by atoms with Gasteiger partial charge in [0.1, 0.15) is 11.5 Å². The molecule has 1 aromatic heterocycles. The van der Waals surface area contributed by atoms with Crippen LogP contribution < -0.4 is 0 Å². The van der Waals surface area contributed by atoms with Crippen LogP contribution in [0.15, 0.2) is 36.5 Å². The molecule has 2 aromatic rings. The monoisotopic (exact) mass is 372 g/mol. The fourth-order valence-electron chi connectivity index (χ4n) is 3.49. The van der Waals surface area contributed by atoms with Gasteiger partial charge in [0, 0.05) is 32.3 Å². The van der Waals surface area contributed by atoms with E-state index in [9.17, 15) is 14.0 Å². The number of rotatable bonds is 5. The lowest BCUT2D eigenvalue weighted by atomic mass is 9.99. The Morgan fingerprint density at radius 3 is 2.78 bits per heavy atom. The molecule has 0 spiro atoms. The van der Waals surface area contributed by atoms with Crippen LogP contribution in [0.3, 0.4) is 0 Å². The van der Waals surface area contributed by atoms with Crippen LogP contribution in [0.5, 0.6) is 0 Å². The first-order chi connectivity index (χ1) is 13.0. The van der Waals surface area contributed by atoms with Crippen LogP contribution in [0.4, 0.5) is 4.39 Å². The highest BCUT2D eigenvalue weighted by molar-refractivity contribution is 5.93. The standard InChI is InChI=1S/C21H25FN2O3/c1-15-8-9-16(14-18(15)22)21(26)27-13-10-17-6-3-4-12-24(17)20(25)19-7-5-11-23(19)2/h5,7-9,11,14,17H,3-4,6,10,12-13H2,1-2H3. The summed E-state index contributed by atoms with van der Waals surface area (Å²) in [6, 6.07) is 8.04. The molecular weight excluding hydrogens is 347 g/mol. The molecule has 1 aliphatic rings. The maximum atomic E-state index is 13.6. The molecule has 1 aliphatic heterocycles. The van der Waals surface area contributed by atoms with Crippen molar-refractivity contribution in [2.24, 2.45) is 7.05 Å². The number of aromatic nitrogens is 1. The molecule has 1 unspecified atom stereocenters. The summed E-state index contributed by atoms with van der Waals surface area (Å²) in [7, 11) is 1.86. The summed E-state index contributed by atoms with van der Waals surface area (Å²) >= 11 is 0. The summed E-state index contributed by atoms with van der Waals surface area (Å²) < 4.78 is 20.7. The van der Waals surface area contributed by atoms with Gasteiger partial charge in [-0.25, -0.2) is 9.18 Å². The van der Waals surface area contributed by atoms with Crippen LogP contribution in [0.2, 0.25) is 0 Å². The van der Waals surface area contributed by atoms with Crippen LogP contribution in [0.1, 0.15) is 52.1 Å². The van der Waals surface area contributed by atoms with E-state index < -0.39 is 11.8 Å². The molecule has 2 heterocycles. The van der Waals surface area contributed by atoms with Crippen molar-refractivity contribution >= 4 is 11.9 Å². The van der Waals surface area contributed by atoms with E-state index in [1.54, 1.807) is 19.1 Å². The topological polar surface area (TPSA) is 51.5 Å². The third kappa shape index (κ3) is 4.38. The minimum absolute atomic E-state index is 0.0131. The predicted octanol–water partition coefficient (Wildman–Crippen LogP) is 3.71. The molecule has 5 nitrogen and oxygen atoms in total. The molecule has 144 valence electrons. The number of benzene rings is 1. The van der Waals surface area contributed by atoms with E-state index in [1.165, 1.54) is 6.07 Å². The Hall–Kier alpha value is -2.63. The molecule has 1 aromatic carbocycles. The van der Waals surface area contributed by atoms with Gasteiger partial charge in [-0.1, -0.05) is 6.07 Å². The van der Waals surface area contributed by atoms with E-state index in [4.69, 9.17) is 4.74 Å². The number of hydrogen-bond acceptors (Lipinski definition) is 3.